The predicted octanol–water partition coefficient (Wildman–Crippen LogP) is 2.28. The van der Waals surface area contributed by atoms with Crippen molar-refractivity contribution < 1.29 is 4.52 Å². The van der Waals surface area contributed by atoms with Crippen LogP contribution in [0, 0.1) is 0 Å². The van der Waals surface area contributed by atoms with Gasteiger partial charge in [-0.3, -0.25) is 0 Å². The van der Waals surface area contributed by atoms with Crippen molar-refractivity contribution in [1.82, 2.24) is 5.16 Å². The van der Waals surface area contributed by atoms with Crippen molar-refractivity contribution in [2.75, 3.05) is 5.32 Å². The normalized spacial score (nSPS) is 12.9. The van der Waals surface area contributed by atoms with Gasteiger partial charge < -0.3 is 9.84 Å². The average Bonchev–Trinajstić information content (AvgIpc) is 2.40. The van der Waals surface area contributed by atoms with E-state index in [2.05, 4.69) is 28.8 Å². The van der Waals surface area contributed by atoms with Crippen LogP contribution in [0.25, 0.3) is 0 Å². The van der Waals surface area contributed by atoms with Gasteiger partial charge in [-0.05, 0) is 13.3 Å². The van der Waals surface area contributed by atoms with E-state index in [9.17, 15) is 0 Å². The first kappa shape index (κ1) is 8.11. The van der Waals surface area contributed by atoms with Crippen LogP contribution >= 0.6 is 0 Å². The number of rotatable bonds is 4. The van der Waals surface area contributed by atoms with E-state index in [0.29, 0.717) is 6.04 Å². The topological polar surface area (TPSA) is 38.1 Å². The highest BCUT2D eigenvalue weighted by Gasteiger charge is 2.01. The zero-order valence-electron chi connectivity index (χ0n) is 7.00. The van der Waals surface area contributed by atoms with Crippen molar-refractivity contribution in [3.8, 4) is 0 Å². The van der Waals surface area contributed by atoms with Crippen LogP contribution in [0.5, 0.6) is 0 Å². The van der Waals surface area contributed by atoms with Gasteiger partial charge in [-0.1, -0.05) is 18.5 Å². The Hall–Kier alpha value is -0.990. The van der Waals surface area contributed by atoms with Crippen LogP contribution in [-0.2, 0) is 0 Å². The first-order chi connectivity index (χ1) is 5.33. The molecule has 0 saturated heterocycles. The molecule has 1 heterocycles. The summed E-state index contributed by atoms with van der Waals surface area (Å²) in [7, 11) is 0. The lowest BCUT2D eigenvalue weighted by Crippen LogP contribution is -2.14. The van der Waals surface area contributed by atoms with Crippen LogP contribution in [0.4, 0.5) is 5.82 Å². The summed E-state index contributed by atoms with van der Waals surface area (Å²) in [6.07, 6.45) is 3.92. The summed E-state index contributed by atoms with van der Waals surface area (Å²) in [5.74, 6) is 0.825. The summed E-state index contributed by atoms with van der Waals surface area (Å²) >= 11 is 0. The molecule has 1 aromatic heterocycles. The Morgan fingerprint density at radius 2 is 2.55 bits per heavy atom. The lowest BCUT2D eigenvalue weighted by molar-refractivity contribution is 0.421. The lowest BCUT2D eigenvalue weighted by Gasteiger charge is -2.09. The summed E-state index contributed by atoms with van der Waals surface area (Å²) in [5, 5.41) is 6.97. The second-order valence-corrected chi connectivity index (χ2v) is 2.72. The Morgan fingerprint density at radius 3 is 3.09 bits per heavy atom. The van der Waals surface area contributed by atoms with Gasteiger partial charge >= 0.3 is 0 Å². The molecule has 0 aliphatic rings. The predicted molar refractivity (Wildman–Crippen MR) is 44.5 cm³/mol. The molecule has 3 heteroatoms. The summed E-state index contributed by atoms with van der Waals surface area (Å²) < 4.78 is 4.68. The second-order valence-electron chi connectivity index (χ2n) is 2.72. The summed E-state index contributed by atoms with van der Waals surface area (Å²) in [5.41, 5.74) is 0. The van der Waals surface area contributed by atoms with Gasteiger partial charge in [-0.15, -0.1) is 0 Å². The molecule has 1 unspecified atom stereocenters. The third-order valence-electron chi connectivity index (χ3n) is 1.55. The van der Waals surface area contributed by atoms with Crippen molar-refractivity contribution in [2.24, 2.45) is 0 Å². The molecule has 11 heavy (non-hydrogen) atoms. The summed E-state index contributed by atoms with van der Waals surface area (Å²) in [4.78, 5) is 0. The van der Waals surface area contributed by atoms with Crippen molar-refractivity contribution >= 4 is 5.82 Å². The molecule has 0 fully saturated rings. The van der Waals surface area contributed by atoms with Gasteiger partial charge in [0.15, 0.2) is 5.82 Å². The molecule has 0 aliphatic heterocycles. The standard InChI is InChI=1S/C8H14N2O/c1-3-4-7(2)9-8-5-6-11-10-8/h5-7H,3-4H2,1-2H3,(H,9,10). The van der Waals surface area contributed by atoms with Crippen LogP contribution in [0.1, 0.15) is 26.7 Å². The van der Waals surface area contributed by atoms with Gasteiger partial charge in [0, 0.05) is 12.1 Å². The highest BCUT2D eigenvalue weighted by molar-refractivity contribution is 5.31. The molecule has 1 atom stereocenters. The van der Waals surface area contributed by atoms with E-state index in [1.54, 1.807) is 6.26 Å². The number of hydrogen-bond donors (Lipinski definition) is 1. The summed E-state index contributed by atoms with van der Waals surface area (Å²) in [6, 6.07) is 2.30. The Morgan fingerprint density at radius 1 is 1.73 bits per heavy atom. The molecule has 0 radical (unpaired) electrons. The second kappa shape index (κ2) is 4.01. The molecule has 1 rings (SSSR count). The maximum Gasteiger partial charge on any atom is 0.169 e. The van der Waals surface area contributed by atoms with E-state index >= 15 is 0 Å². The number of aromatic nitrogens is 1. The maximum atomic E-state index is 4.68. The molecule has 62 valence electrons. The largest absolute Gasteiger partial charge is 0.365 e. The average molecular weight is 154 g/mol. The molecule has 1 aromatic rings. The van der Waals surface area contributed by atoms with Crippen LogP contribution in [0.15, 0.2) is 16.9 Å². The minimum atomic E-state index is 0.477. The monoisotopic (exact) mass is 154 g/mol. The number of hydrogen-bond acceptors (Lipinski definition) is 3. The van der Waals surface area contributed by atoms with E-state index in [4.69, 9.17) is 0 Å². The lowest BCUT2D eigenvalue weighted by atomic mass is 10.2. The number of anilines is 1. The zero-order valence-corrected chi connectivity index (χ0v) is 7.00. The Balaban J connectivity index is 2.31. The minimum Gasteiger partial charge on any atom is -0.365 e. The van der Waals surface area contributed by atoms with Gasteiger partial charge in [0.25, 0.3) is 0 Å². The van der Waals surface area contributed by atoms with Crippen LogP contribution < -0.4 is 5.32 Å². The quantitative estimate of drug-likeness (QED) is 0.723. The Labute approximate surface area is 66.8 Å². The smallest absolute Gasteiger partial charge is 0.169 e. The fourth-order valence-electron chi connectivity index (χ4n) is 1.04. The molecule has 0 bridgehead atoms. The van der Waals surface area contributed by atoms with E-state index in [-0.39, 0.29) is 0 Å². The van der Waals surface area contributed by atoms with Crippen LogP contribution in [0.3, 0.4) is 0 Å². The SMILES string of the molecule is CCCC(C)Nc1ccon1. The fraction of sp³-hybridized carbons (Fsp3) is 0.625. The fourth-order valence-corrected chi connectivity index (χ4v) is 1.04. The summed E-state index contributed by atoms with van der Waals surface area (Å²) in [6.45, 7) is 4.30. The van der Waals surface area contributed by atoms with Gasteiger partial charge in [0.05, 0.1) is 0 Å². The highest BCUT2D eigenvalue weighted by atomic mass is 16.5. The van der Waals surface area contributed by atoms with E-state index in [0.717, 1.165) is 12.2 Å². The Kier molecular flexibility index (Phi) is 2.95. The molecule has 3 nitrogen and oxygen atoms in total. The van der Waals surface area contributed by atoms with Crippen LogP contribution in [0.2, 0.25) is 0 Å². The highest BCUT2D eigenvalue weighted by Crippen LogP contribution is 2.06. The third-order valence-corrected chi connectivity index (χ3v) is 1.55. The van der Waals surface area contributed by atoms with Gasteiger partial charge in [-0.2, -0.15) is 0 Å². The number of nitrogens with zero attached hydrogens (tertiary/aromatic N) is 1. The van der Waals surface area contributed by atoms with Gasteiger partial charge in [-0.25, -0.2) is 0 Å². The van der Waals surface area contributed by atoms with Crippen LogP contribution in [-0.4, -0.2) is 11.2 Å². The Bertz CT molecular complexity index is 184. The number of nitrogens with one attached hydrogen (secondary N) is 1. The molecular formula is C8H14N2O. The molecule has 0 aliphatic carbocycles. The maximum absolute atomic E-state index is 4.68. The van der Waals surface area contributed by atoms with Crippen molar-refractivity contribution in [3.63, 3.8) is 0 Å². The zero-order chi connectivity index (χ0) is 8.10. The van der Waals surface area contributed by atoms with Crippen molar-refractivity contribution in [3.05, 3.63) is 12.3 Å². The molecule has 0 saturated carbocycles. The van der Waals surface area contributed by atoms with Gasteiger partial charge in [0.2, 0.25) is 0 Å². The minimum absolute atomic E-state index is 0.477. The van der Waals surface area contributed by atoms with Gasteiger partial charge in [0.1, 0.15) is 6.26 Å². The van der Waals surface area contributed by atoms with Crippen molar-refractivity contribution in [1.29, 1.82) is 0 Å². The van der Waals surface area contributed by atoms with Crippen molar-refractivity contribution in [2.45, 2.75) is 32.7 Å². The molecule has 1 N–H and O–H groups in total. The van der Waals surface area contributed by atoms with E-state index in [1.165, 1.54) is 6.42 Å². The third kappa shape index (κ3) is 2.62. The molecule has 0 amide bonds. The molecule has 0 spiro atoms. The first-order valence-corrected chi connectivity index (χ1v) is 4.00. The van der Waals surface area contributed by atoms with E-state index in [1.807, 2.05) is 6.07 Å². The molecule has 0 aromatic carbocycles. The van der Waals surface area contributed by atoms with E-state index < -0.39 is 0 Å². The first-order valence-electron chi connectivity index (χ1n) is 4.00. The molecular weight excluding hydrogens is 140 g/mol.